The van der Waals surface area contributed by atoms with Gasteiger partial charge in [0.05, 0.1) is 37.5 Å². The van der Waals surface area contributed by atoms with E-state index in [4.69, 9.17) is 9.47 Å². The molecular weight excluding hydrogens is 266 g/mol. The van der Waals surface area contributed by atoms with Gasteiger partial charge >= 0.3 is 0 Å². The Labute approximate surface area is 115 Å². The summed E-state index contributed by atoms with van der Waals surface area (Å²) in [5.74, 6) is 0.844. The molecule has 1 atom stereocenters. The molecule has 0 radical (unpaired) electrons. The monoisotopic (exact) mass is 281 g/mol. The van der Waals surface area contributed by atoms with E-state index in [9.17, 15) is 0 Å². The molecule has 2 aromatic rings. The lowest BCUT2D eigenvalue weighted by Gasteiger charge is -2.17. The van der Waals surface area contributed by atoms with E-state index in [0.717, 1.165) is 11.4 Å². The van der Waals surface area contributed by atoms with Gasteiger partial charge in [-0.05, 0) is 18.1 Å². The van der Waals surface area contributed by atoms with Gasteiger partial charge in [0.15, 0.2) is 0 Å². The molecule has 0 aliphatic carbocycles. The predicted molar refractivity (Wildman–Crippen MR) is 70.6 cm³/mol. The molecule has 0 aliphatic heterocycles. The highest BCUT2D eigenvalue weighted by Crippen LogP contribution is 2.29. The van der Waals surface area contributed by atoms with Crippen molar-refractivity contribution in [1.29, 1.82) is 0 Å². The highest BCUT2D eigenvalue weighted by atomic mass is 32.1. The second kappa shape index (κ2) is 6.39. The van der Waals surface area contributed by atoms with Crippen molar-refractivity contribution in [3.05, 3.63) is 23.0 Å². The molecule has 0 aromatic carbocycles. The Morgan fingerprint density at radius 1 is 1.32 bits per heavy atom. The third-order valence-electron chi connectivity index (χ3n) is 2.49. The molecular formula is C11H15N5O2S. The summed E-state index contributed by atoms with van der Waals surface area (Å²) in [5.41, 5.74) is 0.691. The van der Waals surface area contributed by atoms with E-state index < -0.39 is 0 Å². The summed E-state index contributed by atoms with van der Waals surface area (Å²) in [7, 11) is 3.10. The van der Waals surface area contributed by atoms with Gasteiger partial charge in [0, 0.05) is 0 Å². The van der Waals surface area contributed by atoms with Gasteiger partial charge in [-0.15, -0.1) is 5.10 Å². The SMILES string of the molecule is CCNC(c1cnns1)c1ncc(OC)nc1OC. The van der Waals surface area contributed by atoms with Crippen molar-refractivity contribution in [2.45, 2.75) is 13.0 Å². The number of aromatic nitrogens is 4. The van der Waals surface area contributed by atoms with Gasteiger partial charge in [0.25, 0.3) is 0 Å². The molecule has 1 N–H and O–H groups in total. The lowest BCUT2D eigenvalue weighted by atomic mass is 10.2. The zero-order chi connectivity index (χ0) is 13.7. The normalized spacial score (nSPS) is 12.2. The Kier molecular flexibility index (Phi) is 4.58. The highest BCUT2D eigenvalue weighted by molar-refractivity contribution is 7.05. The lowest BCUT2D eigenvalue weighted by Crippen LogP contribution is -2.23. The van der Waals surface area contributed by atoms with Crippen LogP contribution < -0.4 is 14.8 Å². The molecule has 2 rings (SSSR count). The van der Waals surface area contributed by atoms with Crippen molar-refractivity contribution in [2.24, 2.45) is 0 Å². The number of hydrogen-bond acceptors (Lipinski definition) is 8. The first kappa shape index (κ1) is 13.6. The zero-order valence-electron chi connectivity index (χ0n) is 11.0. The molecule has 0 saturated carbocycles. The van der Waals surface area contributed by atoms with Crippen LogP contribution >= 0.6 is 11.5 Å². The Morgan fingerprint density at radius 2 is 2.16 bits per heavy atom. The van der Waals surface area contributed by atoms with Gasteiger partial charge in [-0.3, -0.25) is 0 Å². The van der Waals surface area contributed by atoms with E-state index >= 15 is 0 Å². The van der Waals surface area contributed by atoms with Crippen molar-refractivity contribution in [3.8, 4) is 11.8 Å². The largest absolute Gasteiger partial charge is 0.480 e. The molecule has 0 fully saturated rings. The van der Waals surface area contributed by atoms with E-state index in [1.165, 1.54) is 18.6 Å². The summed E-state index contributed by atoms with van der Waals surface area (Å²) in [6.07, 6.45) is 3.28. The molecule has 8 heteroatoms. The van der Waals surface area contributed by atoms with E-state index in [1.807, 2.05) is 6.92 Å². The molecule has 102 valence electrons. The topological polar surface area (TPSA) is 82.1 Å². The summed E-state index contributed by atoms with van der Waals surface area (Å²) in [5, 5.41) is 7.18. The van der Waals surface area contributed by atoms with Crippen LogP contribution in [0.2, 0.25) is 0 Å². The Morgan fingerprint density at radius 3 is 2.74 bits per heavy atom. The van der Waals surface area contributed by atoms with Crippen molar-refractivity contribution in [1.82, 2.24) is 24.9 Å². The number of nitrogens with zero attached hydrogens (tertiary/aromatic N) is 4. The van der Waals surface area contributed by atoms with E-state index in [1.54, 1.807) is 19.5 Å². The van der Waals surface area contributed by atoms with Crippen LogP contribution in [-0.4, -0.2) is 40.3 Å². The van der Waals surface area contributed by atoms with Crippen LogP contribution in [0.15, 0.2) is 12.4 Å². The van der Waals surface area contributed by atoms with Gasteiger partial charge in [-0.2, -0.15) is 4.98 Å². The van der Waals surface area contributed by atoms with Gasteiger partial charge in [0.2, 0.25) is 11.8 Å². The molecule has 0 saturated heterocycles. The van der Waals surface area contributed by atoms with Crippen LogP contribution in [0.4, 0.5) is 0 Å². The molecule has 1 unspecified atom stereocenters. The van der Waals surface area contributed by atoms with Gasteiger partial charge in [-0.25, -0.2) is 4.98 Å². The maximum atomic E-state index is 5.28. The average Bonchev–Trinajstić information content (AvgIpc) is 2.98. The Hall–Kier alpha value is -1.80. The van der Waals surface area contributed by atoms with Crippen LogP contribution in [0.25, 0.3) is 0 Å². The van der Waals surface area contributed by atoms with Crippen molar-refractivity contribution in [3.63, 3.8) is 0 Å². The average molecular weight is 281 g/mol. The Bertz CT molecular complexity index is 520. The Balaban J connectivity index is 2.41. The minimum absolute atomic E-state index is 0.140. The first-order chi connectivity index (χ1) is 9.30. The van der Waals surface area contributed by atoms with Crippen LogP contribution in [0, 0.1) is 0 Å². The van der Waals surface area contributed by atoms with Crippen LogP contribution in [0.1, 0.15) is 23.5 Å². The molecule has 7 nitrogen and oxygen atoms in total. The fourth-order valence-electron chi connectivity index (χ4n) is 1.65. The molecule has 0 spiro atoms. The predicted octanol–water partition coefficient (Wildman–Crippen LogP) is 1.04. The summed E-state index contributed by atoms with van der Waals surface area (Å²) in [6.45, 7) is 2.80. The second-order valence-electron chi connectivity index (χ2n) is 3.62. The fourth-order valence-corrected chi connectivity index (χ4v) is 2.23. The van der Waals surface area contributed by atoms with Crippen LogP contribution in [-0.2, 0) is 0 Å². The number of nitrogens with one attached hydrogen (secondary N) is 1. The number of hydrogen-bond donors (Lipinski definition) is 1. The molecule has 2 heterocycles. The first-order valence-corrected chi connectivity index (χ1v) is 6.53. The van der Waals surface area contributed by atoms with Crippen molar-refractivity contribution in [2.75, 3.05) is 20.8 Å². The fraction of sp³-hybridized carbons (Fsp3) is 0.455. The third-order valence-corrected chi connectivity index (χ3v) is 3.22. The minimum atomic E-state index is -0.140. The molecule has 19 heavy (non-hydrogen) atoms. The van der Waals surface area contributed by atoms with Gasteiger partial charge in [-0.1, -0.05) is 11.4 Å². The summed E-state index contributed by atoms with van der Waals surface area (Å²) in [6, 6.07) is -0.140. The molecule has 2 aromatic heterocycles. The molecule has 0 bridgehead atoms. The maximum Gasteiger partial charge on any atom is 0.240 e. The summed E-state index contributed by atoms with van der Waals surface area (Å²) >= 11 is 1.32. The van der Waals surface area contributed by atoms with Gasteiger partial charge in [0.1, 0.15) is 5.69 Å². The third kappa shape index (κ3) is 2.96. The molecule has 0 amide bonds. The van der Waals surface area contributed by atoms with Crippen molar-refractivity contribution >= 4 is 11.5 Å². The lowest BCUT2D eigenvalue weighted by molar-refractivity contribution is 0.353. The zero-order valence-corrected chi connectivity index (χ0v) is 11.8. The quantitative estimate of drug-likeness (QED) is 0.847. The summed E-state index contributed by atoms with van der Waals surface area (Å²) < 4.78 is 14.2. The number of ether oxygens (including phenoxy) is 2. The number of methoxy groups -OCH3 is 2. The van der Waals surface area contributed by atoms with E-state index in [2.05, 4.69) is 24.9 Å². The maximum absolute atomic E-state index is 5.28. The first-order valence-electron chi connectivity index (χ1n) is 5.75. The number of rotatable bonds is 6. The smallest absolute Gasteiger partial charge is 0.240 e. The standard InChI is InChI=1S/C11H15N5O2S/c1-4-12-9(7-5-14-16-19-7)10-11(18-3)15-8(17-2)6-13-10/h5-6,9,12H,4H2,1-3H3. The highest BCUT2D eigenvalue weighted by Gasteiger charge is 2.22. The minimum Gasteiger partial charge on any atom is -0.480 e. The molecule has 0 aliphatic rings. The van der Waals surface area contributed by atoms with Gasteiger partial charge < -0.3 is 14.8 Å². The summed E-state index contributed by atoms with van der Waals surface area (Å²) in [4.78, 5) is 9.57. The van der Waals surface area contributed by atoms with Crippen LogP contribution in [0.3, 0.4) is 0 Å². The van der Waals surface area contributed by atoms with E-state index in [0.29, 0.717) is 17.5 Å². The van der Waals surface area contributed by atoms with Crippen LogP contribution in [0.5, 0.6) is 11.8 Å². The second-order valence-corrected chi connectivity index (χ2v) is 4.43. The van der Waals surface area contributed by atoms with Crippen molar-refractivity contribution < 1.29 is 9.47 Å². The van der Waals surface area contributed by atoms with E-state index in [-0.39, 0.29) is 6.04 Å².